The first kappa shape index (κ1) is 14.1. The highest BCUT2D eigenvalue weighted by molar-refractivity contribution is 7.89. The molecule has 0 saturated heterocycles. The lowest BCUT2D eigenvalue weighted by Crippen LogP contribution is -2.37. The summed E-state index contributed by atoms with van der Waals surface area (Å²) < 4.78 is 26.0. The molecule has 0 radical (unpaired) electrons. The fourth-order valence-electron chi connectivity index (χ4n) is 2.43. The molecule has 1 N–H and O–H groups in total. The van der Waals surface area contributed by atoms with Gasteiger partial charge in [0.2, 0.25) is 15.9 Å². The van der Waals surface area contributed by atoms with E-state index in [0.717, 1.165) is 32.1 Å². The maximum Gasteiger partial charge on any atom is 0.239 e. The zero-order valence-corrected chi connectivity index (χ0v) is 11.7. The fraction of sp³-hybridized carbons (Fsp3) is 0.500. The summed E-state index contributed by atoms with van der Waals surface area (Å²) in [5.74, 6) is -0.623. The van der Waals surface area contributed by atoms with Gasteiger partial charge in [-0.2, -0.15) is 0 Å². The van der Waals surface area contributed by atoms with E-state index in [1.807, 2.05) is 6.07 Å². The Labute approximate surface area is 114 Å². The highest BCUT2D eigenvalue weighted by atomic mass is 32.2. The van der Waals surface area contributed by atoms with Crippen LogP contribution in [0.5, 0.6) is 0 Å². The zero-order chi connectivity index (χ0) is 13.7. The molecule has 0 bridgehead atoms. The summed E-state index contributed by atoms with van der Waals surface area (Å²) in [6.07, 6.45) is 4.76. The molecule has 1 aromatic rings. The van der Waals surface area contributed by atoms with Crippen LogP contribution < -0.4 is 4.72 Å². The molecule has 0 heterocycles. The first-order chi connectivity index (χ1) is 9.07. The van der Waals surface area contributed by atoms with Crippen LogP contribution in [0, 0.1) is 5.92 Å². The van der Waals surface area contributed by atoms with Gasteiger partial charge in [-0.05, 0) is 18.4 Å². The average Bonchev–Trinajstić information content (AvgIpc) is 2.39. The standard InChI is InChI=1S/C14H19NO3S/c16-14(13-9-5-2-6-10-13)15-19(17,18)11-12-7-3-1-4-8-12/h1,3-4,7-8,13H,2,5-6,9-11H2,(H,15,16). The van der Waals surface area contributed by atoms with Crippen molar-refractivity contribution in [2.45, 2.75) is 37.9 Å². The van der Waals surface area contributed by atoms with Gasteiger partial charge in [-0.3, -0.25) is 9.52 Å². The van der Waals surface area contributed by atoms with Crippen molar-refractivity contribution in [2.75, 3.05) is 0 Å². The van der Waals surface area contributed by atoms with Crippen molar-refractivity contribution < 1.29 is 13.2 Å². The predicted octanol–water partition coefficient (Wildman–Crippen LogP) is 2.21. The van der Waals surface area contributed by atoms with Crippen LogP contribution >= 0.6 is 0 Å². The number of nitrogens with one attached hydrogen (secondary N) is 1. The molecular formula is C14H19NO3S. The number of rotatable bonds is 4. The van der Waals surface area contributed by atoms with Crippen LogP contribution in [0.15, 0.2) is 30.3 Å². The van der Waals surface area contributed by atoms with E-state index in [4.69, 9.17) is 0 Å². The summed E-state index contributed by atoms with van der Waals surface area (Å²) in [6, 6.07) is 8.88. The highest BCUT2D eigenvalue weighted by Gasteiger charge is 2.24. The Morgan fingerprint density at radius 1 is 1.11 bits per heavy atom. The number of sulfonamides is 1. The molecule has 0 aromatic heterocycles. The Bertz CT molecular complexity index is 519. The molecule has 0 atom stereocenters. The molecule has 4 nitrogen and oxygen atoms in total. The summed E-state index contributed by atoms with van der Waals surface area (Å²) in [7, 11) is -3.58. The quantitative estimate of drug-likeness (QED) is 0.920. The van der Waals surface area contributed by atoms with Crippen LogP contribution in [0.25, 0.3) is 0 Å². The van der Waals surface area contributed by atoms with Crippen molar-refractivity contribution in [2.24, 2.45) is 5.92 Å². The molecule has 1 amide bonds. The molecule has 1 aliphatic carbocycles. The van der Waals surface area contributed by atoms with Gasteiger partial charge in [0.15, 0.2) is 0 Å². The SMILES string of the molecule is O=C(NS(=O)(=O)Cc1ccccc1)C1CCCCC1. The minimum absolute atomic E-state index is 0.140. The Balaban J connectivity index is 1.95. The van der Waals surface area contributed by atoms with Crippen LogP contribution in [0.2, 0.25) is 0 Å². The third kappa shape index (κ3) is 4.35. The molecule has 0 aliphatic heterocycles. The third-order valence-corrected chi connectivity index (χ3v) is 4.66. The molecule has 1 aromatic carbocycles. The molecule has 5 heteroatoms. The summed E-state index contributed by atoms with van der Waals surface area (Å²) in [4.78, 5) is 11.9. The topological polar surface area (TPSA) is 63.2 Å². The van der Waals surface area contributed by atoms with Gasteiger partial charge >= 0.3 is 0 Å². The van der Waals surface area contributed by atoms with Gasteiger partial charge in [0, 0.05) is 5.92 Å². The van der Waals surface area contributed by atoms with E-state index in [2.05, 4.69) is 4.72 Å². The molecule has 1 aliphatic rings. The van der Waals surface area contributed by atoms with E-state index in [1.54, 1.807) is 24.3 Å². The van der Waals surface area contributed by atoms with Crippen LogP contribution in [0.3, 0.4) is 0 Å². The van der Waals surface area contributed by atoms with Crippen LogP contribution in [-0.4, -0.2) is 14.3 Å². The Morgan fingerprint density at radius 3 is 2.37 bits per heavy atom. The lowest BCUT2D eigenvalue weighted by Gasteiger charge is -2.20. The van der Waals surface area contributed by atoms with Gasteiger partial charge in [-0.15, -0.1) is 0 Å². The summed E-state index contributed by atoms with van der Waals surface area (Å²) in [6.45, 7) is 0. The van der Waals surface area contributed by atoms with Gasteiger partial charge in [-0.25, -0.2) is 8.42 Å². The number of amides is 1. The second kappa shape index (κ2) is 6.19. The average molecular weight is 281 g/mol. The smallest absolute Gasteiger partial charge is 0.239 e. The van der Waals surface area contributed by atoms with Crippen LogP contribution in [0.4, 0.5) is 0 Å². The molecule has 1 saturated carbocycles. The lowest BCUT2D eigenvalue weighted by atomic mass is 9.89. The Morgan fingerprint density at radius 2 is 1.74 bits per heavy atom. The lowest BCUT2D eigenvalue weighted by molar-refractivity contribution is -0.124. The number of hydrogen-bond acceptors (Lipinski definition) is 3. The normalized spacial score (nSPS) is 17.1. The first-order valence-corrected chi connectivity index (χ1v) is 8.30. The van der Waals surface area contributed by atoms with Crippen molar-refractivity contribution in [3.05, 3.63) is 35.9 Å². The summed E-state index contributed by atoms with van der Waals surface area (Å²) >= 11 is 0. The second-order valence-electron chi connectivity index (χ2n) is 5.05. The van der Waals surface area contributed by atoms with Gasteiger partial charge in [0.1, 0.15) is 0 Å². The van der Waals surface area contributed by atoms with Crippen molar-refractivity contribution in [1.82, 2.24) is 4.72 Å². The van der Waals surface area contributed by atoms with E-state index in [9.17, 15) is 13.2 Å². The van der Waals surface area contributed by atoms with Crippen LogP contribution in [-0.2, 0) is 20.6 Å². The molecule has 104 valence electrons. The number of hydrogen-bond donors (Lipinski definition) is 1. The maximum atomic E-state index is 11.9. The third-order valence-electron chi connectivity index (χ3n) is 3.43. The largest absolute Gasteiger partial charge is 0.274 e. The van der Waals surface area contributed by atoms with E-state index < -0.39 is 10.0 Å². The molecule has 0 spiro atoms. The van der Waals surface area contributed by atoms with Crippen molar-refractivity contribution in [3.63, 3.8) is 0 Å². The fourth-order valence-corrected chi connectivity index (χ4v) is 3.61. The zero-order valence-electron chi connectivity index (χ0n) is 10.8. The number of carbonyl (C=O) groups excluding carboxylic acids is 1. The highest BCUT2D eigenvalue weighted by Crippen LogP contribution is 2.23. The molecule has 0 unspecified atom stereocenters. The molecule has 2 rings (SSSR count). The van der Waals surface area contributed by atoms with E-state index >= 15 is 0 Å². The molecule has 1 fully saturated rings. The number of benzene rings is 1. The monoisotopic (exact) mass is 281 g/mol. The van der Waals surface area contributed by atoms with E-state index in [1.165, 1.54) is 0 Å². The maximum absolute atomic E-state index is 11.9. The molecule has 19 heavy (non-hydrogen) atoms. The van der Waals surface area contributed by atoms with Crippen molar-refractivity contribution in [1.29, 1.82) is 0 Å². The predicted molar refractivity (Wildman–Crippen MR) is 73.8 cm³/mol. The van der Waals surface area contributed by atoms with Crippen LogP contribution in [0.1, 0.15) is 37.7 Å². The van der Waals surface area contributed by atoms with Crippen molar-refractivity contribution >= 4 is 15.9 Å². The number of carbonyl (C=O) groups is 1. The molecular weight excluding hydrogens is 262 g/mol. The first-order valence-electron chi connectivity index (χ1n) is 6.65. The minimum atomic E-state index is -3.58. The minimum Gasteiger partial charge on any atom is -0.274 e. The second-order valence-corrected chi connectivity index (χ2v) is 6.77. The van der Waals surface area contributed by atoms with Gasteiger partial charge in [-0.1, -0.05) is 49.6 Å². The Kier molecular flexibility index (Phi) is 4.58. The summed E-state index contributed by atoms with van der Waals surface area (Å²) in [5.41, 5.74) is 0.687. The van der Waals surface area contributed by atoms with Crippen molar-refractivity contribution in [3.8, 4) is 0 Å². The Hall–Kier alpha value is -1.36. The van der Waals surface area contributed by atoms with Gasteiger partial charge in [0.05, 0.1) is 5.75 Å². The van der Waals surface area contributed by atoms with Gasteiger partial charge in [0.25, 0.3) is 0 Å². The van der Waals surface area contributed by atoms with Gasteiger partial charge < -0.3 is 0 Å². The van der Waals surface area contributed by atoms with E-state index in [0.29, 0.717) is 5.56 Å². The summed E-state index contributed by atoms with van der Waals surface area (Å²) in [5, 5.41) is 0. The van der Waals surface area contributed by atoms with E-state index in [-0.39, 0.29) is 17.6 Å².